The van der Waals surface area contributed by atoms with Crippen molar-refractivity contribution in [3.8, 4) is 11.5 Å². The quantitative estimate of drug-likeness (QED) is 0.190. The highest BCUT2D eigenvalue weighted by molar-refractivity contribution is 7.90. The molecule has 8 nitrogen and oxygen atoms in total. The van der Waals surface area contributed by atoms with Crippen molar-refractivity contribution in [2.75, 3.05) is 37.0 Å². The van der Waals surface area contributed by atoms with Crippen LogP contribution in [0.3, 0.4) is 0 Å². The van der Waals surface area contributed by atoms with Gasteiger partial charge in [0, 0.05) is 23.9 Å². The number of halogens is 2. The second kappa shape index (κ2) is 13.5. The van der Waals surface area contributed by atoms with Crippen LogP contribution in [0.25, 0.3) is 10.9 Å². The van der Waals surface area contributed by atoms with E-state index in [1.54, 1.807) is 24.3 Å². The summed E-state index contributed by atoms with van der Waals surface area (Å²) in [6.45, 7) is 1.91. The van der Waals surface area contributed by atoms with Gasteiger partial charge in [0.05, 0.1) is 22.9 Å². The van der Waals surface area contributed by atoms with Gasteiger partial charge >= 0.3 is 0 Å². The van der Waals surface area contributed by atoms with E-state index in [0.29, 0.717) is 46.7 Å². The lowest BCUT2D eigenvalue weighted by molar-refractivity contribution is 0.306. The number of unbranched alkanes of at least 4 members (excludes halogenated alkanes) is 1. The Bertz CT molecular complexity index is 1520. The van der Waals surface area contributed by atoms with E-state index in [1.807, 2.05) is 24.3 Å². The molecule has 39 heavy (non-hydrogen) atoms. The van der Waals surface area contributed by atoms with E-state index in [2.05, 4.69) is 20.6 Å². The number of benzene rings is 3. The molecule has 0 aliphatic heterocycles. The number of rotatable bonds is 14. The second-order valence-corrected chi connectivity index (χ2v) is 11.7. The molecule has 4 rings (SSSR count). The number of aromatic nitrogens is 2. The van der Waals surface area contributed by atoms with Crippen LogP contribution in [-0.2, 0) is 16.4 Å². The number of hydrogen-bond acceptors (Lipinski definition) is 8. The molecular formula is C28H30ClFN4O4S. The van der Waals surface area contributed by atoms with Crippen LogP contribution < -0.4 is 20.1 Å². The van der Waals surface area contributed by atoms with Gasteiger partial charge in [-0.1, -0.05) is 23.7 Å². The zero-order valence-electron chi connectivity index (χ0n) is 21.5. The molecule has 0 fully saturated rings. The van der Waals surface area contributed by atoms with E-state index in [-0.39, 0.29) is 18.2 Å². The van der Waals surface area contributed by atoms with Gasteiger partial charge in [0.1, 0.15) is 45.9 Å². The fourth-order valence-electron chi connectivity index (χ4n) is 3.77. The van der Waals surface area contributed by atoms with E-state index in [4.69, 9.17) is 21.1 Å². The van der Waals surface area contributed by atoms with E-state index in [1.165, 1.54) is 24.7 Å². The molecule has 11 heteroatoms. The number of nitrogens with one attached hydrogen (secondary N) is 2. The molecule has 0 aliphatic rings. The number of anilines is 2. The highest BCUT2D eigenvalue weighted by Crippen LogP contribution is 2.32. The molecule has 206 valence electrons. The van der Waals surface area contributed by atoms with Gasteiger partial charge in [-0.05, 0) is 73.5 Å². The Hall–Kier alpha value is -3.47. The topological polar surface area (TPSA) is 102 Å². The largest absolute Gasteiger partial charge is 0.494 e. The molecule has 0 amide bonds. The van der Waals surface area contributed by atoms with Crippen molar-refractivity contribution in [3.63, 3.8) is 0 Å². The third-order valence-electron chi connectivity index (χ3n) is 5.75. The fourth-order valence-corrected chi connectivity index (χ4v) is 4.52. The predicted octanol–water partition coefficient (Wildman–Crippen LogP) is 5.54. The summed E-state index contributed by atoms with van der Waals surface area (Å²) in [7, 11) is -2.94. The lowest BCUT2D eigenvalue weighted by atomic mass is 10.2. The standard InChI is InChI=1S/C28H30ClFN4O4S/c1-39(35,36)14-12-31-11-2-3-13-37-23-8-9-26-24(17-23)28(33-19-32-26)34-22-7-10-27(25(29)16-22)38-18-20-5-4-6-21(30)15-20/h4-10,15-17,19,31H,2-3,11-14,18H2,1H3,(H,32,33,34). The summed E-state index contributed by atoms with van der Waals surface area (Å²) in [5.74, 6) is 1.61. The van der Waals surface area contributed by atoms with Crippen LogP contribution in [0.4, 0.5) is 15.9 Å². The molecule has 0 unspecified atom stereocenters. The van der Waals surface area contributed by atoms with Crippen molar-refractivity contribution in [1.29, 1.82) is 0 Å². The highest BCUT2D eigenvalue weighted by Gasteiger charge is 2.09. The monoisotopic (exact) mass is 572 g/mol. The van der Waals surface area contributed by atoms with E-state index in [0.717, 1.165) is 30.3 Å². The zero-order valence-corrected chi connectivity index (χ0v) is 23.1. The van der Waals surface area contributed by atoms with Crippen molar-refractivity contribution in [3.05, 3.63) is 83.4 Å². The fraction of sp³-hybridized carbons (Fsp3) is 0.286. The third kappa shape index (κ3) is 9.05. The summed E-state index contributed by atoms with van der Waals surface area (Å²) >= 11 is 6.44. The van der Waals surface area contributed by atoms with Gasteiger partial charge in [-0.15, -0.1) is 0 Å². The van der Waals surface area contributed by atoms with Crippen LogP contribution >= 0.6 is 11.6 Å². The van der Waals surface area contributed by atoms with Crippen LogP contribution in [0.5, 0.6) is 11.5 Å². The van der Waals surface area contributed by atoms with Gasteiger partial charge in [0.15, 0.2) is 0 Å². The van der Waals surface area contributed by atoms with E-state index in [9.17, 15) is 12.8 Å². The summed E-state index contributed by atoms with van der Waals surface area (Å²) in [6, 6.07) is 17.2. The molecule has 2 N–H and O–H groups in total. The van der Waals surface area contributed by atoms with Gasteiger partial charge < -0.3 is 20.1 Å². The maximum atomic E-state index is 13.4. The minimum Gasteiger partial charge on any atom is -0.494 e. The smallest absolute Gasteiger partial charge is 0.148 e. The number of ether oxygens (including phenoxy) is 2. The molecular weight excluding hydrogens is 543 g/mol. The van der Waals surface area contributed by atoms with Gasteiger partial charge in [-0.2, -0.15) is 0 Å². The predicted molar refractivity (Wildman–Crippen MR) is 152 cm³/mol. The maximum Gasteiger partial charge on any atom is 0.148 e. The van der Waals surface area contributed by atoms with Crippen LogP contribution in [0.15, 0.2) is 67.0 Å². The normalized spacial score (nSPS) is 11.5. The Labute approximate surface area is 232 Å². The summed E-state index contributed by atoms with van der Waals surface area (Å²) in [4.78, 5) is 8.74. The molecule has 0 saturated carbocycles. The number of sulfone groups is 1. The van der Waals surface area contributed by atoms with E-state index < -0.39 is 9.84 Å². The minimum atomic E-state index is -2.94. The van der Waals surface area contributed by atoms with Crippen molar-refractivity contribution in [1.82, 2.24) is 15.3 Å². The number of hydrogen-bond donors (Lipinski definition) is 2. The van der Waals surface area contributed by atoms with Gasteiger partial charge in [0.2, 0.25) is 0 Å². The summed E-state index contributed by atoms with van der Waals surface area (Å²) in [6.07, 6.45) is 4.42. The maximum absolute atomic E-state index is 13.4. The lowest BCUT2D eigenvalue weighted by Crippen LogP contribution is -2.23. The van der Waals surface area contributed by atoms with Gasteiger partial charge in [-0.25, -0.2) is 22.8 Å². The number of nitrogens with zero attached hydrogens (tertiary/aromatic N) is 2. The molecule has 0 atom stereocenters. The summed E-state index contributed by atoms with van der Waals surface area (Å²) < 4.78 is 47.4. The molecule has 1 aromatic heterocycles. The zero-order chi connectivity index (χ0) is 27.7. The summed E-state index contributed by atoms with van der Waals surface area (Å²) in [5, 5.41) is 7.61. The molecule has 4 aromatic rings. The minimum absolute atomic E-state index is 0.139. The molecule has 0 spiro atoms. The Morgan fingerprint density at radius 3 is 2.64 bits per heavy atom. The first kappa shape index (κ1) is 28.5. The Morgan fingerprint density at radius 2 is 1.85 bits per heavy atom. The molecule has 1 heterocycles. The second-order valence-electron chi connectivity index (χ2n) is 9.03. The number of fused-ring (bicyclic) bond motifs is 1. The van der Waals surface area contributed by atoms with Crippen LogP contribution in [0.2, 0.25) is 5.02 Å². The molecule has 3 aromatic carbocycles. The van der Waals surface area contributed by atoms with Crippen molar-refractivity contribution in [2.45, 2.75) is 19.4 Å². The first-order valence-corrected chi connectivity index (χ1v) is 14.9. The van der Waals surface area contributed by atoms with E-state index >= 15 is 0 Å². The summed E-state index contributed by atoms with van der Waals surface area (Å²) in [5.41, 5.74) is 2.18. The first-order valence-electron chi connectivity index (χ1n) is 12.5. The molecule has 0 saturated heterocycles. The third-order valence-corrected chi connectivity index (χ3v) is 6.99. The Balaban J connectivity index is 1.33. The highest BCUT2D eigenvalue weighted by atomic mass is 35.5. The van der Waals surface area contributed by atoms with Crippen LogP contribution in [0, 0.1) is 5.82 Å². The molecule has 0 aliphatic carbocycles. The average molecular weight is 573 g/mol. The van der Waals surface area contributed by atoms with Crippen LogP contribution in [-0.4, -0.2) is 50.1 Å². The van der Waals surface area contributed by atoms with Gasteiger partial charge in [-0.3, -0.25) is 0 Å². The van der Waals surface area contributed by atoms with Crippen molar-refractivity contribution >= 4 is 43.8 Å². The molecule has 0 radical (unpaired) electrons. The molecule has 0 bridgehead atoms. The Morgan fingerprint density at radius 1 is 0.974 bits per heavy atom. The van der Waals surface area contributed by atoms with Crippen molar-refractivity contribution in [2.24, 2.45) is 0 Å². The first-order chi connectivity index (χ1) is 18.8. The SMILES string of the molecule is CS(=O)(=O)CCNCCCCOc1ccc2ncnc(Nc3ccc(OCc4cccc(F)c4)c(Cl)c3)c2c1. The van der Waals surface area contributed by atoms with Gasteiger partial charge in [0.25, 0.3) is 0 Å². The van der Waals surface area contributed by atoms with Crippen molar-refractivity contribution < 1.29 is 22.3 Å². The average Bonchev–Trinajstić information content (AvgIpc) is 2.89. The lowest BCUT2D eigenvalue weighted by Gasteiger charge is -2.13. The van der Waals surface area contributed by atoms with Crippen LogP contribution in [0.1, 0.15) is 18.4 Å². The Kier molecular flexibility index (Phi) is 9.91.